The highest BCUT2D eigenvalue weighted by molar-refractivity contribution is 7.99. The van der Waals surface area contributed by atoms with Gasteiger partial charge in [-0.3, -0.25) is 9.59 Å². The number of rotatable bonds is 3. The van der Waals surface area contributed by atoms with Crippen LogP contribution in [-0.4, -0.2) is 27.5 Å². The summed E-state index contributed by atoms with van der Waals surface area (Å²) in [5.74, 6) is 1.19. The summed E-state index contributed by atoms with van der Waals surface area (Å²) in [6.45, 7) is 2.14. The molecule has 1 aromatic heterocycles. The van der Waals surface area contributed by atoms with Crippen molar-refractivity contribution in [3.05, 3.63) is 47.5 Å². The van der Waals surface area contributed by atoms with Crippen molar-refractivity contribution in [3.8, 4) is 0 Å². The molecule has 2 heterocycles. The van der Waals surface area contributed by atoms with Gasteiger partial charge in [0, 0.05) is 28.8 Å². The van der Waals surface area contributed by atoms with E-state index in [2.05, 4.69) is 20.6 Å². The Labute approximate surface area is 138 Å². The molecule has 2 aromatic rings. The average molecular weight is 328 g/mol. The van der Waals surface area contributed by atoms with Crippen LogP contribution in [0.25, 0.3) is 0 Å². The number of anilines is 1. The minimum absolute atomic E-state index is 0.0229. The zero-order chi connectivity index (χ0) is 16.2. The molecule has 0 unspecified atom stereocenters. The number of benzene rings is 1. The lowest BCUT2D eigenvalue weighted by atomic mass is 10.2. The number of carbonyl (C=O) groups is 2. The molecule has 2 N–H and O–H groups in total. The van der Waals surface area contributed by atoms with Crippen LogP contribution in [0, 0.1) is 6.92 Å². The van der Waals surface area contributed by atoms with Crippen LogP contribution in [0.3, 0.4) is 0 Å². The zero-order valence-corrected chi connectivity index (χ0v) is 13.4. The second kappa shape index (κ2) is 6.78. The van der Waals surface area contributed by atoms with Crippen molar-refractivity contribution < 1.29 is 9.59 Å². The van der Waals surface area contributed by atoms with Gasteiger partial charge in [0.25, 0.3) is 5.91 Å². The van der Waals surface area contributed by atoms with Gasteiger partial charge in [0.1, 0.15) is 5.82 Å². The molecule has 1 aromatic carbocycles. The first kappa shape index (κ1) is 15.5. The molecule has 1 aliphatic rings. The fraction of sp³-hybridized carbons (Fsp3) is 0.250. The van der Waals surface area contributed by atoms with E-state index >= 15 is 0 Å². The summed E-state index contributed by atoms with van der Waals surface area (Å²) in [7, 11) is 0. The molecule has 7 heteroatoms. The van der Waals surface area contributed by atoms with E-state index in [4.69, 9.17) is 0 Å². The lowest BCUT2D eigenvalue weighted by Gasteiger charge is -2.09. The molecule has 118 valence electrons. The van der Waals surface area contributed by atoms with Crippen LogP contribution in [0.15, 0.2) is 35.4 Å². The third kappa shape index (κ3) is 3.87. The summed E-state index contributed by atoms with van der Waals surface area (Å²) in [5.41, 5.74) is 1.96. The fourth-order valence-corrected chi connectivity index (χ4v) is 3.17. The Morgan fingerprint density at radius 2 is 2.26 bits per heavy atom. The van der Waals surface area contributed by atoms with Gasteiger partial charge in [-0.05, 0) is 31.2 Å². The van der Waals surface area contributed by atoms with E-state index in [1.807, 2.05) is 6.07 Å². The van der Waals surface area contributed by atoms with Gasteiger partial charge in [0.2, 0.25) is 5.91 Å². The quantitative estimate of drug-likeness (QED) is 0.902. The monoisotopic (exact) mass is 328 g/mol. The normalized spacial score (nSPS) is 13.7. The predicted molar refractivity (Wildman–Crippen MR) is 88.4 cm³/mol. The molecule has 0 radical (unpaired) electrons. The first-order valence-corrected chi connectivity index (χ1v) is 8.24. The molecule has 0 saturated carbocycles. The third-order valence-electron chi connectivity index (χ3n) is 3.37. The predicted octanol–water partition coefficient (Wildman–Crippen LogP) is 2.15. The molecule has 0 saturated heterocycles. The highest BCUT2D eigenvalue weighted by atomic mass is 32.2. The van der Waals surface area contributed by atoms with Gasteiger partial charge in [-0.1, -0.05) is 0 Å². The summed E-state index contributed by atoms with van der Waals surface area (Å²) < 4.78 is 0. The van der Waals surface area contributed by atoms with Gasteiger partial charge in [0.15, 0.2) is 0 Å². The van der Waals surface area contributed by atoms with Crippen molar-refractivity contribution in [2.45, 2.75) is 24.8 Å². The van der Waals surface area contributed by atoms with Gasteiger partial charge in [-0.25, -0.2) is 9.97 Å². The molecule has 2 amide bonds. The van der Waals surface area contributed by atoms with Crippen LogP contribution in [-0.2, 0) is 11.3 Å². The Hall–Kier alpha value is -2.41. The van der Waals surface area contributed by atoms with Crippen molar-refractivity contribution in [3.63, 3.8) is 0 Å². The highest BCUT2D eigenvalue weighted by Gasteiger charge is 2.15. The second-order valence-electron chi connectivity index (χ2n) is 5.14. The third-order valence-corrected chi connectivity index (χ3v) is 4.44. The van der Waals surface area contributed by atoms with E-state index in [0.717, 1.165) is 16.3 Å². The standard InChI is InChI=1S/C16H16N4O2S/c1-10-17-6-4-12(19-10)9-18-16(22)11-2-3-14-13(8-11)20-15(21)5-7-23-14/h2-4,6,8H,5,7,9H2,1H3,(H,18,22)(H,20,21). The summed E-state index contributed by atoms with van der Waals surface area (Å²) in [6.07, 6.45) is 2.15. The van der Waals surface area contributed by atoms with Crippen LogP contribution in [0.2, 0.25) is 0 Å². The second-order valence-corrected chi connectivity index (χ2v) is 6.27. The molecular formula is C16H16N4O2S. The summed E-state index contributed by atoms with van der Waals surface area (Å²) in [4.78, 5) is 33.2. The van der Waals surface area contributed by atoms with E-state index in [0.29, 0.717) is 30.0 Å². The number of amides is 2. The van der Waals surface area contributed by atoms with Crippen LogP contribution >= 0.6 is 11.8 Å². The molecule has 3 rings (SSSR count). The maximum Gasteiger partial charge on any atom is 0.251 e. The lowest BCUT2D eigenvalue weighted by Crippen LogP contribution is -2.23. The van der Waals surface area contributed by atoms with Crippen molar-refractivity contribution in [2.24, 2.45) is 0 Å². The number of fused-ring (bicyclic) bond motifs is 1. The number of hydrogen-bond acceptors (Lipinski definition) is 5. The van der Waals surface area contributed by atoms with E-state index < -0.39 is 0 Å². The number of carbonyl (C=O) groups excluding carboxylic acids is 2. The molecule has 0 atom stereocenters. The number of nitrogens with one attached hydrogen (secondary N) is 2. The van der Waals surface area contributed by atoms with Gasteiger partial charge in [-0.2, -0.15) is 0 Å². The van der Waals surface area contributed by atoms with E-state index in [9.17, 15) is 9.59 Å². The largest absolute Gasteiger partial charge is 0.346 e. The summed E-state index contributed by atoms with van der Waals surface area (Å²) in [5, 5.41) is 5.67. The van der Waals surface area contributed by atoms with Crippen LogP contribution in [0.1, 0.15) is 28.3 Å². The minimum Gasteiger partial charge on any atom is -0.346 e. The molecule has 6 nitrogen and oxygen atoms in total. The highest BCUT2D eigenvalue weighted by Crippen LogP contribution is 2.31. The molecule has 0 spiro atoms. The van der Waals surface area contributed by atoms with Crippen molar-refractivity contribution in [2.75, 3.05) is 11.1 Å². The number of hydrogen-bond donors (Lipinski definition) is 2. The molecule has 0 aliphatic carbocycles. The molecule has 0 fully saturated rings. The Kier molecular flexibility index (Phi) is 4.57. The maximum absolute atomic E-state index is 12.3. The fourth-order valence-electron chi connectivity index (χ4n) is 2.24. The van der Waals surface area contributed by atoms with Gasteiger partial charge >= 0.3 is 0 Å². The number of thioether (sulfide) groups is 1. The van der Waals surface area contributed by atoms with Crippen molar-refractivity contribution in [1.29, 1.82) is 0 Å². The molecule has 1 aliphatic heterocycles. The molecular weight excluding hydrogens is 312 g/mol. The Morgan fingerprint density at radius 1 is 1.39 bits per heavy atom. The van der Waals surface area contributed by atoms with Crippen molar-refractivity contribution in [1.82, 2.24) is 15.3 Å². The van der Waals surface area contributed by atoms with E-state index in [-0.39, 0.29) is 11.8 Å². The minimum atomic E-state index is -0.201. The SMILES string of the molecule is Cc1nccc(CNC(=O)c2ccc3c(c2)NC(=O)CCS3)n1. The van der Waals surface area contributed by atoms with Crippen LogP contribution < -0.4 is 10.6 Å². The van der Waals surface area contributed by atoms with Gasteiger partial charge in [0.05, 0.1) is 17.9 Å². The Balaban J connectivity index is 1.71. The number of aryl methyl sites for hydroxylation is 1. The van der Waals surface area contributed by atoms with Crippen LogP contribution in [0.5, 0.6) is 0 Å². The van der Waals surface area contributed by atoms with Crippen molar-refractivity contribution >= 4 is 29.3 Å². The number of nitrogens with zero attached hydrogens (tertiary/aromatic N) is 2. The zero-order valence-electron chi connectivity index (χ0n) is 12.6. The summed E-state index contributed by atoms with van der Waals surface area (Å²) in [6, 6.07) is 7.12. The smallest absolute Gasteiger partial charge is 0.251 e. The lowest BCUT2D eigenvalue weighted by molar-refractivity contribution is -0.115. The van der Waals surface area contributed by atoms with Gasteiger partial charge < -0.3 is 10.6 Å². The average Bonchev–Trinajstić information content (AvgIpc) is 2.72. The maximum atomic E-state index is 12.3. The van der Waals surface area contributed by atoms with E-state index in [1.165, 1.54) is 0 Å². The first-order valence-electron chi connectivity index (χ1n) is 7.25. The topological polar surface area (TPSA) is 84.0 Å². The van der Waals surface area contributed by atoms with Gasteiger partial charge in [-0.15, -0.1) is 11.8 Å². The summed E-state index contributed by atoms with van der Waals surface area (Å²) >= 11 is 1.61. The first-order chi connectivity index (χ1) is 11.1. The number of aromatic nitrogens is 2. The van der Waals surface area contributed by atoms with Crippen LogP contribution in [0.4, 0.5) is 5.69 Å². The molecule has 0 bridgehead atoms. The Morgan fingerprint density at radius 3 is 3.09 bits per heavy atom. The molecule has 23 heavy (non-hydrogen) atoms. The Bertz CT molecular complexity index is 763. The van der Waals surface area contributed by atoms with E-state index in [1.54, 1.807) is 43.1 Å².